The fraction of sp³-hybridized carbons (Fsp3) is 0.812. The molecule has 1 aliphatic heterocycles. The number of carbonyl (C=O) groups excluding carboxylic acids is 2. The molecule has 6 nitrogen and oxygen atoms in total. The maximum atomic E-state index is 12.1. The van der Waals surface area contributed by atoms with Gasteiger partial charge in [-0.3, -0.25) is 4.79 Å². The van der Waals surface area contributed by atoms with Crippen molar-refractivity contribution in [2.24, 2.45) is 10.8 Å². The summed E-state index contributed by atoms with van der Waals surface area (Å²) >= 11 is 0. The lowest BCUT2D eigenvalue weighted by atomic mass is 9.61. The van der Waals surface area contributed by atoms with Gasteiger partial charge in [0.15, 0.2) is 11.9 Å². The number of nitriles is 1. The van der Waals surface area contributed by atoms with Gasteiger partial charge in [-0.2, -0.15) is 5.26 Å². The normalized spacial score (nSPS) is 33.5. The lowest BCUT2D eigenvalue weighted by Gasteiger charge is -2.45. The number of ether oxygens (including phenoxy) is 3. The van der Waals surface area contributed by atoms with Crippen molar-refractivity contribution >= 4 is 11.9 Å². The van der Waals surface area contributed by atoms with Gasteiger partial charge < -0.3 is 14.2 Å². The van der Waals surface area contributed by atoms with E-state index >= 15 is 0 Å². The fourth-order valence-electron chi connectivity index (χ4n) is 3.96. The Balaban J connectivity index is 1.93. The second-order valence-electron chi connectivity index (χ2n) is 7.52. The first kappa shape index (κ1) is 16.6. The molecular weight excluding hydrogens is 286 g/mol. The van der Waals surface area contributed by atoms with Gasteiger partial charge in [0.2, 0.25) is 0 Å². The first-order chi connectivity index (χ1) is 10.2. The third-order valence-corrected chi connectivity index (χ3v) is 4.55. The average Bonchev–Trinajstić information content (AvgIpc) is 2.81. The lowest BCUT2D eigenvalue weighted by Crippen LogP contribution is -2.39. The molecule has 2 fully saturated rings. The summed E-state index contributed by atoms with van der Waals surface area (Å²) in [4.78, 5) is 23.0. The SMILES string of the molecule is CC1(C)CC(OC#N)CC(C)(CCC(=O)C2COC(=O)O2)C1. The van der Waals surface area contributed by atoms with Gasteiger partial charge in [0.1, 0.15) is 12.7 Å². The Morgan fingerprint density at radius 1 is 1.41 bits per heavy atom. The molecule has 1 aliphatic carbocycles. The number of rotatable bonds is 5. The van der Waals surface area contributed by atoms with E-state index in [1.807, 2.05) is 0 Å². The maximum Gasteiger partial charge on any atom is 0.509 e. The number of ketones is 1. The summed E-state index contributed by atoms with van der Waals surface area (Å²) in [6.07, 6.45) is 3.76. The number of nitrogens with zero attached hydrogens (tertiary/aromatic N) is 1. The van der Waals surface area contributed by atoms with Crippen LogP contribution >= 0.6 is 0 Å². The molecule has 0 N–H and O–H groups in total. The van der Waals surface area contributed by atoms with Gasteiger partial charge in [-0.1, -0.05) is 20.8 Å². The molecule has 0 aromatic rings. The number of Topliss-reactive ketones (excluding diaryl/α,β-unsaturated/α-hetero) is 1. The molecule has 3 atom stereocenters. The van der Waals surface area contributed by atoms with Gasteiger partial charge in [-0.05, 0) is 36.5 Å². The summed E-state index contributed by atoms with van der Waals surface area (Å²) in [6.45, 7) is 6.46. The van der Waals surface area contributed by atoms with E-state index in [9.17, 15) is 9.59 Å². The van der Waals surface area contributed by atoms with E-state index in [-0.39, 0.29) is 29.3 Å². The molecule has 3 unspecified atom stereocenters. The number of carbonyl (C=O) groups is 2. The molecule has 0 amide bonds. The third kappa shape index (κ3) is 4.12. The zero-order valence-corrected chi connectivity index (χ0v) is 13.4. The Morgan fingerprint density at radius 2 is 2.14 bits per heavy atom. The van der Waals surface area contributed by atoms with E-state index in [1.165, 1.54) is 0 Å². The molecule has 1 heterocycles. The summed E-state index contributed by atoms with van der Waals surface area (Å²) in [7, 11) is 0. The van der Waals surface area contributed by atoms with E-state index in [4.69, 9.17) is 14.7 Å². The highest BCUT2D eigenvalue weighted by Crippen LogP contribution is 2.49. The van der Waals surface area contributed by atoms with Crippen LogP contribution in [0.4, 0.5) is 4.79 Å². The van der Waals surface area contributed by atoms with Crippen LogP contribution in [0.2, 0.25) is 0 Å². The maximum absolute atomic E-state index is 12.1. The van der Waals surface area contributed by atoms with Gasteiger partial charge in [0.05, 0.1) is 0 Å². The summed E-state index contributed by atoms with van der Waals surface area (Å²) < 4.78 is 14.6. The topological polar surface area (TPSA) is 85.6 Å². The van der Waals surface area contributed by atoms with E-state index in [1.54, 1.807) is 6.26 Å². The quantitative estimate of drug-likeness (QED) is 0.573. The third-order valence-electron chi connectivity index (χ3n) is 4.55. The van der Waals surface area contributed by atoms with Crippen LogP contribution in [0, 0.1) is 22.3 Å². The zero-order valence-electron chi connectivity index (χ0n) is 13.4. The Bertz CT molecular complexity index is 495. The molecule has 0 spiro atoms. The minimum Gasteiger partial charge on any atom is -0.430 e. The number of cyclic esters (lactones) is 2. The highest BCUT2D eigenvalue weighted by Gasteiger charge is 2.43. The minimum absolute atomic E-state index is 0.0139. The predicted molar refractivity (Wildman–Crippen MR) is 76.7 cm³/mol. The number of hydrogen-bond acceptors (Lipinski definition) is 6. The molecule has 0 radical (unpaired) electrons. The van der Waals surface area contributed by atoms with Gasteiger partial charge >= 0.3 is 6.16 Å². The highest BCUT2D eigenvalue weighted by molar-refractivity contribution is 5.86. The Morgan fingerprint density at radius 3 is 2.73 bits per heavy atom. The fourth-order valence-corrected chi connectivity index (χ4v) is 3.96. The van der Waals surface area contributed by atoms with E-state index in [2.05, 4.69) is 25.5 Å². The first-order valence-corrected chi connectivity index (χ1v) is 7.64. The van der Waals surface area contributed by atoms with Crippen molar-refractivity contribution in [3.63, 3.8) is 0 Å². The van der Waals surface area contributed by atoms with E-state index in [0.29, 0.717) is 12.8 Å². The van der Waals surface area contributed by atoms with Crippen LogP contribution in [0.5, 0.6) is 0 Å². The molecule has 22 heavy (non-hydrogen) atoms. The Labute approximate surface area is 130 Å². The van der Waals surface area contributed by atoms with Gasteiger partial charge in [-0.25, -0.2) is 4.79 Å². The lowest BCUT2D eigenvalue weighted by molar-refractivity contribution is -0.126. The van der Waals surface area contributed by atoms with Crippen molar-refractivity contribution in [3.05, 3.63) is 0 Å². The van der Waals surface area contributed by atoms with Crippen molar-refractivity contribution in [1.82, 2.24) is 0 Å². The summed E-state index contributed by atoms with van der Waals surface area (Å²) in [5.74, 6) is -0.104. The largest absolute Gasteiger partial charge is 0.509 e. The van der Waals surface area contributed by atoms with Crippen molar-refractivity contribution < 1.29 is 23.8 Å². The Kier molecular flexibility index (Phi) is 4.64. The van der Waals surface area contributed by atoms with Crippen LogP contribution in [-0.2, 0) is 19.0 Å². The molecule has 1 saturated carbocycles. The van der Waals surface area contributed by atoms with Crippen LogP contribution in [0.3, 0.4) is 0 Å². The molecule has 2 aliphatic rings. The Hall–Kier alpha value is -1.77. The van der Waals surface area contributed by atoms with Crippen molar-refractivity contribution in [2.45, 2.75) is 65.1 Å². The van der Waals surface area contributed by atoms with Gasteiger partial charge in [-0.15, -0.1) is 0 Å². The molecule has 6 heteroatoms. The molecular formula is C16H23NO5. The van der Waals surface area contributed by atoms with Crippen molar-refractivity contribution in [1.29, 1.82) is 5.26 Å². The second-order valence-corrected chi connectivity index (χ2v) is 7.52. The molecule has 2 rings (SSSR count). The molecule has 0 bridgehead atoms. The standard InChI is InChI=1S/C16H23NO5/c1-15(2)6-11(21-10-17)7-16(3,9-15)5-4-12(18)13-8-20-14(19)22-13/h11,13H,4-9H2,1-3H3. The van der Waals surface area contributed by atoms with Crippen LogP contribution in [0.15, 0.2) is 0 Å². The summed E-state index contributed by atoms with van der Waals surface area (Å²) in [5.41, 5.74) is 0.00287. The molecule has 0 aromatic carbocycles. The second kappa shape index (κ2) is 6.15. The van der Waals surface area contributed by atoms with Crippen LogP contribution in [0.25, 0.3) is 0 Å². The van der Waals surface area contributed by atoms with Gasteiger partial charge in [0.25, 0.3) is 6.26 Å². The first-order valence-electron chi connectivity index (χ1n) is 7.64. The highest BCUT2D eigenvalue weighted by atomic mass is 16.8. The van der Waals surface area contributed by atoms with Crippen LogP contribution in [0.1, 0.15) is 52.9 Å². The molecule has 1 saturated heterocycles. The van der Waals surface area contributed by atoms with Crippen molar-refractivity contribution in [3.8, 4) is 6.26 Å². The van der Waals surface area contributed by atoms with E-state index in [0.717, 1.165) is 19.3 Å². The van der Waals surface area contributed by atoms with Crippen LogP contribution in [-0.4, -0.2) is 30.8 Å². The summed E-state index contributed by atoms with van der Waals surface area (Å²) in [6, 6.07) is 0. The number of hydrogen-bond donors (Lipinski definition) is 0. The van der Waals surface area contributed by atoms with E-state index < -0.39 is 12.3 Å². The molecule has 122 valence electrons. The summed E-state index contributed by atoms with van der Waals surface area (Å²) in [5, 5.41) is 8.76. The van der Waals surface area contributed by atoms with Crippen LogP contribution < -0.4 is 0 Å². The smallest absolute Gasteiger partial charge is 0.430 e. The van der Waals surface area contributed by atoms with Gasteiger partial charge in [0, 0.05) is 6.42 Å². The molecule has 0 aromatic heterocycles. The average molecular weight is 309 g/mol. The monoisotopic (exact) mass is 309 g/mol. The zero-order chi connectivity index (χ0) is 16.4. The minimum atomic E-state index is -0.772. The predicted octanol–water partition coefficient (Wildman–Crippen LogP) is 2.95. The van der Waals surface area contributed by atoms with Crippen molar-refractivity contribution in [2.75, 3.05) is 6.61 Å².